The van der Waals surface area contributed by atoms with Crippen molar-refractivity contribution in [2.45, 2.75) is 6.92 Å². The predicted molar refractivity (Wildman–Crippen MR) is 56.2 cm³/mol. The second kappa shape index (κ2) is 5.35. The third kappa shape index (κ3) is 2.69. The third-order valence-electron chi connectivity index (χ3n) is 1.81. The van der Waals surface area contributed by atoms with Gasteiger partial charge in [0.25, 0.3) is 0 Å². The number of aryl methyl sites for hydroxylation is 1. The Morgan fingerprint density at radius 3 is 3.00 bits per heavy atom. The first-order chi connectivity index (χ1) is 7.20. The smallest absolute Gasteiger partial charge is 0.310 e. The molecule has 6 nitrogen and oxygen atoms in total. The maximum absolute atomic E-state index is 11.6. The van der Waals surface area contributed by atoms with Crippen molar-refractivity contribution in [3.8, 4) is 5.75 Å². The van der Waals surface area contributed by atoms with E-state index in [-0.39, 0.29) is 17.9 Å². The summed E-state index contributed by atoms with van der Waals surface area (Å²) < 4.78 is 6.43. The minimum atomic E-state index is -0.292. The van der Waals surface area contributed by atoms with Crippen LogP contribution in [0.25, 0.3) is 0 Å². The Labute approximate surface area is 87.5 Å². The van der Waals surface area contributed by atoms with Gasteiger partial charge in [-0.2, -0.15) is 5.10 Å². The first-order valence-electron chi connectivity index (χ1n) is 4.74. The zero-order valence-corrected chi connectivity index (χ0v) is 8.86. The lowest BCUT2D eigenvalue weighted by Crippen LogP contribution is -2.23. The molecule has 6 heteroatoms. The topological polar surface area (TPSA) is 76.4 Å². The number of nitrogens with zero attached hydrogens (tertiary/aromatic N) is 2. The molecule has 2 N–H and O–H groups in total. The van der Waals surface area contributed by atoms with Crippen molar-refractivity contribution in [3.63, 3.8) is 0 Å². The molecule has 0 saturated heterocycles. The van der Waals surface area contributed by atoms with E-state index >= 15 is 0 Å². The number of anilines is 1. The fourth-order valence-corrected chi connectivity index (χ4v) is 1.12. The number of aromatic nitrogens is 2. The number of aliphatic hydroxyl groups is 1. The molecule has 0 bridgehead atoms. The maximum Gasteiger partial charge on any atom is 0.310 e. The summed E-state index contributed by atoms with van der Waals surface area (Å²) in [5, 5.41) is 15.4. The maximum atomic E-state index is 11.6. The van der Waals surface area contributed by atoms with Crippen molar-refractivity contribution < 1.29 is 9.84 Å². The van der Waals surface area contributed by atoms with Crippen LogP contribution in [-0.2, 0) is 7.05 Å². The molecule has 0 unspecified atom stereocenters. The SMILES string of the molecule is CCOc1c(NCCO)cnn(C)c1=O. The van der Waals surface area contributed by atoms with Crippen LogP contribution in [0.4, 0.5) is 5.69 Å². The lowest BCUT2D eigenvalue weighted by atomic mass is 10.4. The first kappa shape index (κ1) is 11.5. The molecule has 0 aliphatic carbocycles. The van der Waals surface area contributed by atoms with Gasteiger partial charge in [0.1, 0.15) is 5.69 Å². The van der Waals surface area contributed by atoms with Gasteiger partial charge in [-0.1, -0.05) is 0 Å². The highest BCUT2D eigenvalue weighted by Gasteiger charge is 2.09. The third-order valence-corrected chi connectivity index (χ3v) is 1.81. The Bertz CT molecular complexity index is 375. The number of hydrogen-bond acceptors (Lipinski definition) is 5. The molecule has 0 aliphatic rings. The van der Waals surface area contributed by atoms with E-state index in [9.17, 15) is 4.79 Å². The van der Waals surface area contributed by atoms with Gasteiger partial charge in [0.15, 0.2) is 0 Å². The van der Waals surface area contributed by atoms with Crippen molar-refractivity contribution in [2.75, 3.05) is 25.1 Å². The average molecular weight is 213 g/mol. The number of aliphatic hydroxyl groups excluding tert-OH is 1. The summed E-state index contributed by atoms with van der Waals surface area (Å²) in [7, 11) is 1.56. The second-order valence-electron chi connectivity index (χ2n) is 2.90. The highest BCUT2D eigenvalue weighted by atomic mass is 16.5. The minimum absolute atomic E-state index is 0.0131. The van der Waals surface area contributed by atoms with Crippen LogP contribution in [0, 0.1) is 0 Å². The van der Waals surface area contributed by atoms with Gasteiger partial charge in [-0.25, -0.2) is 4.68 Å². The molecule has 1 aromatic heterocycles. The van der Waals surface area contributed by atoms with Gasteiger partial charge in [0, 0.05) is 13.6 Å². The highest BCUT2D eigenvalue weighted by molar-refractivity contribution is 5.53. The van der Waals surface area contributed by atoms with Crippen LogP contribution < -0.4 is 15.6 Å². The molecule has 0 aromatic carbocycles. The molecular weight excluding hydrogens is 198 g/mol. The van der Waals surface area contributed by atoms with E-state index in [0.717, 1.165) is 0 Å². The van der Waals surface area contributed by atoms with Gasteiger partial charge in [-0.3, -0.25) is 4.79 Å². The van der Waals surface area contributed by atoms with E-state index in [2.05, 4.69) is 10.4 Å². The van der Waals surface area contributed by atoms with Crippen LogP contribution in [0.2, 0.25) is 0 Å². The largest absolute Gasteiger partial charge is 0.487 e. The van der Waals surface area contributed by atoms with E-state index in [1.54, 1.807) is 14.0 Å². The lowest BCUT2D eigenvalue weighted by Gasteiger charge is -2.10. The molecule has 0 aliphatic heterocycles. The molecule has 1 rings (SSSR count). The average Bonchev–Trinajstić information content (AvgIpc) is 2.24. The fraction of sp³-hybridized carbons (Fsp3) is 0.556. The van der Waals surface area contributed by atoms with Gasteiger partial charge in [-0.05, 0) is 6.92 Å². The summed E-state index contributed by atoms with van der Waals surface area (Å²) in [6.07, 6.45) is 1.50. The number of rotatable bonds is 5. The zero-order valence-electron chi connectivity index (χ0n) is 8.86. The molecule has 0 saturated carbocycles. The van der Waals surface area contributed by atoms with Crippen molar-refractivity contribution in [1.29, 1.82) is 0 Å². The van der Waals surface area contributed by atoms with Gasteiger partial charge in [-0.15, -0.1) is 0 Å². The van der Waals surface area contributed by atoms with E-state index in [4.69, 9.17) is 9.84 Å². The molecule has 0 amide bonds. The number of hydrogen-bond donors (Lipinski definition) is 2. The Morgan fingerprint density at radius 2 is 2.40 bits per heavy atom. The second-order valence-corrected chi connectivity index (χ2v) is 2.90. The molecular formula is C9H15N3O3. The Balaban J connectivity index is 3.03. The normalized spacial score (nSPS) is 10.1. The van der Waals surface area contributed by atoms with Crippen LogP contribution in [0.15, 0.2) is 11.0 Å². The number of nitrogens with one attached hydrogen (secondary N) is 1. The number of ether oxygens (including phenoxy) is 1. The van der Waals surface area contributed by atoms with Crippen LogP contribution in [0.3, 0.4) is 0 Å². The lowest BCUT2D eigenvalue weighted by molar-refractivity contribution is 0.309. The van der Waals surface area contributed by atoms with Crippen LogP contribution in [0.1, 0.15) is 6.92 Å². The van der Waals surface area contributed by atoms with Crippen LogP contribution in [0.5, 0.6) is 5.75 Å². The molecule has 0 fully saturated rings. The van der Waals surface area contributed by atoms with E-state index < -0.39 is 0 Å². The highest BCUT2D eigenvalue weighted by Crippen LogP contribution is 2.16. The van der Waals surface area contributed by atoms with Gasteiger partial charge < -0.3 is 15.2 Å². The first-order valence-corrected chi connectivity index (χ1v) is 4.74. The van der Waals surface area contributed by atoms with Crippen LogP contribution >= 0.6 is 0 Å². The summed E-state index contributed by atoms with van der Waals surface area (Å²) in [6.45, 7) is 2.55. The zero-order chi connectivity index (χ0) is 11.3. The standard InChI is InChI=1S/C9H15N3O3/c1-3-15-8-7(10-4-5-13)6-11-12(2)9(8)14/h6,10,13H,3-5H2,1-2H3. The molecule has 1 aromatic rings. The van der Waals surface area contributed by atoms with E-state index in [1.807, 2.05) is 0 Å². The Morgan fingerprint density at radius 1 is 1.67 bits per heavy atom. The van der Waals surface area contributed by atoms with E-state index in [1.165, 1.54) is 10.9 Å². The molecule has 15 heavy (non-hydrogen) atoms. The quantitative estimate of drug-likeness (QED) is 0.695. The molecule has 0 radical (unpaired) electrons. The predicted octanol–water partition coefficient (Wildman–Crippen LogP) is -0.417. The summed E-state index contributed by atoms with van der Waals surface area (Å²) >= 11 is 0. The van der Waals surface area contributed by atoms with Gasteiger partial charge in [0.2, 0.25) is 5.75 Å². The molecule has 0 atom stereocenters. The Kier molecular flexibility index (Phi) is 4.11. The Hall–Kier alpha value is -1.56. The van der Waals surface area contributed by atoms with Gasteiger partial charge >= 0.3 is 5.56 Å². The van der Waals surface area contributed by atoms with Gasteiger partial charge in [0.05, 0.1) is 19.4 Å². The van der Waals surface area contributed by atoms with Crippen molar-refractivity contribution in [1.82, 2.24) is 9.78 Å². The monoisotopic (exact) mass is 213 g/mol. The summed E-state index contributed by atoms with van der Waals surface area (Å²) in [4.78, 5) is 11.6. The van der Waals surface area contributed by atoms with Crippen molar-refractivity contribution in [2.24, 2.45) is 7.05 Å². The molecule has 1 heterocycles. The summed E-state index contributed by atoms with van der Waals surface area (Å²) in [5.41, 5.74) is 0.216. The van der Waals surface area contributed by atoms with Crippen molar-refractivity contribution >= 4 is 5.69 Å². The minimum Gasteiger partial charge on any atom is -0.487 e. The fourth-order valence-electron chi connectivity index (χ4n) is 1.12. The van der Waals surface area contributed by atoms with E-state index in [0.29, 0.717) is 18.8 Å². The molecule has 84 valence electrons. The summed E-state index contributed by atoms with van der Waals surface area (Å²) in [6, 6.07) is 0. The van der Waals surface area contributed by atoms with Crippen molar-refractivity contribution in [3.05, 3.63) is 16.6 Å². The molecule has 0 spiro atoms. The van der Waals surface area contributed by atoms with Crippen LogP contribution in [-0.4, -0.2) is 34.6 Å². The summed E-state index contributed by atoms with van der Waals surface area (Å²) in [5.74, 6) is 0.239.